The van der Waals surface area contributed by atoms with Gasteiger partial charge >= 0.3 is 5.82 Å². The minimum atomic E-state index is -0.539. The third-order valence-electron chi connectivity index (χ3n) is 4.15. The highest BCUT2D eigenvalue weighted by atomic mass is 16.6. The number of nitrogens with zero attached hydrogens (tertiary/aromatic N) is 5. The first kappa shape index (κ1) is 17.6. The molecule has 9 heteroatoms. The maximum atomic E-state index is 12.3. The topological polar surface area (TPSA) is 108 Å². The Morgan fingerprint density at radius 3 is 2.54 bits per heavy atom. The number of rotatable bonds is 6. The van der Waals surface area contributed by atoms with Crippen molar-refractivity contribution in [1.82, 2.24) is 24.9 Å². The number of aromatic nitrogens is 4. The Morgan fingerprint density at radius 2 is 2.04 bits per heavy atom. The van der Waals surface area contributed by atoms with Crippen LogP contribution in [0.3, 0.4) is 0 Å². The van der Waals surface area contributed by atoms with Crippen LogP contribution in [0.4, 0.5) is 5.82 Å². The number of nitrogens with one attached hydrogen (secondary N) is 1. The molecule has 0 bridgehead atoms. The van der Waals surface area contributed by atoms with Crippen molar-refractivity contribution in [3.05, 3.63) is 38.8 Å². The summed E-state index contributed by atoms with van der Waals surface area (Å²) in [6, 6.07) is 1.40. The van der Waals surface area contributed by atoms with Gasteiger partial charge in [0.1, 0.15) is 0 Å². The Kier molecular flexibility index (Phi) is 5.01. The molecule has 1 N–H and O–H groups in total. The predicted molar refractivity (Wildman–Crippen MR) is 87.3 cm³/mol. The van der Waals surface area contributed by atoms with E-state index in [0.29, 0.717) is 12.2 Å². The molecular formula is C15H22N6O3. The van der Waals surface area contributed by atoms with Crippen LogP contribution in [0.2, 0.25) is 0 Å². The van der Waals surface area contributed by atoms with E-state index in [1.54, 1.807) is 18.5 Å². The minimum Gasteiger partial charge on any atom is -0.358 e. The third-order valence-corrected chi connectivity index (χ3v) is 4.15. The van der Waals surface area contributed by atoms with Gasteiger partial charge in [0.25, 0.3) is 0 Å². The quantitative estimate of drug-likeness (QED) is 0.634. The summed E-state index contributed by atoms with van der Waals surface area (Å²) in [5, 5.41) is 21.9. The third kappa shape index (κ3) is 3.61. The Balaban J connectivity index is 1.98. The van der Waals surface area contributed by atoms with Crippen molar-refractivity contribution in [2.24, 2.45) is 13.0 Å². The Hall–Kier alpha value is -2.71. The molecule has 1 atom stereocenters. The van der Waals surface area contributed by atoms with Gasteiger partial charge in [-0.15, -0.1) is 0 Å². The van der Waals surface area contributed by atoms with Gasteiger partial charge in [0, 0.05) is 24.8 Å². The zero-order valence-corrected chi connectivity index (χ0v) is 14.5. The molecule has 0 aliphatic heterocycles. The normalized spacial score (nSPS) is 12.2. The minimum absolute atomic E-state index is 0.129. The molecular weight excluding hydrogens is 312 g/mol. The fraction of sp³-hybridized carbons (Fsp3) is 0.533. The van der Waals surface area contributed by atoms with E-state index in [-0.39, 0.29) is 24.2 Å². The standard InChI is InChI=1S/C15H22N6O3/c1-9(8-20-10(2)6-14(18-20)21(23)24)15(22)16-7-13-11(3)17-19(5)12(13)4/h6,9H,7-8H2,1-5H3,(H,16,22). The van der Waals surface area contributed by atoms with Crippen LogP contribution in [0.1, 0.15) is 29.6 Å². The van der Waals surface area contributed by atoms with Gasteiger partial charge < -0.3 is 15.4 Å². The number of nitro groups is 1. The molecule has 0 aliphatic carbocycles. The van der Waals surface area contributed by atoms with Crippen LogP contribution in [0.15, 0.2) is 6.07 Å². The second-order valence-electron chi connectivity index (χ2n) is 5.97. The fourth-order valence-corrected chi connectivity index (χ4v) is 2.53. The second kappa shape index (κ2) is 6.81. The molecule has 1 unspecified atom stereocenters. The SMILES string of the molecule is Cc1nn(C)c(C)c1CNC(=O)C(C)Cn1nc([N+](=O)[O-])cc1C. The van der Waals surface area contributed by atoms with Crippen LogP contribution in [0.5, 0.6) is 0 Å². The van der Waals surface area contributed by atoms with Gasteiger partial charge in [-0.25, -0.2) is 0 Å². The molecule has 2 heterocycles. The largest absolute Gasteiger partial charge is 0.390 e. The molecule has 0 fully saturated rings. The molecule has 2 aromatic heterocycles. The van der Waals surface area contributed by atoms with Crippen molar-refractivity contribution in [3.63, 3.8) is 0 Å². The van der Waals surface area contributed by atoms with Crippen molar-refractivity contribution in [2.45, 2.75) is 40.8 Å². The van der Waals surface area contributed by atoms with Crippen molar-refractivity contribution >= 4 is 11.7 Å². The van der Waals surface area contributed by atoms with E-state index >= 15 is 0 Å². The van der Waals surface area contributed by atoms with E-state index in [2.05, 4.69) is 15.5 Å². The Morgan fingerprint density at radius 1 is 1.38 bits per heavy atom. The van der Waals surface area contributed by atoms with Crippen molar-refractivity contribution in [2.75, 3.05) is 0 Å². The smallest absolute Gasteiger partial charge is 0.358 e. The monoisotopic (exact) mass is 334 g/mol. The summed E-state index contributed by atoms with van der Waals surface area (Å²) in [5.41, 5.74) is 3.56. The first-order valence-electron chi connectivity index (χ1n) is 7.66. The number of amides is 1. The highest BCUT2D eigenvalue weighted by molar-refractivity contribution is 5.78. The molecule has 0 saturated carbocycles. The molecule has 1 amide bonds. The van der Waals surface area contributed by atoms with Crippen LogP contribution in [0.25, 0.3) is 0 Å². The van der Waals surface area contributed by atoms with Gasteiger partial charge in [-0.3, -0.25) is 9.48 Å². The lowest BCUT2D eigenvalue weighted by Gasteiger charge is -2.12. The molecule has 130 valence electrons. The van der Waals surface area contributed by atoms with Gasteiger partial charge in [0.15, 0.2) is 0 Å². The summed E-state index contributed by atoms with van der Waals surface area (Å²) >= 11 is 0. The number of aryl methyl sites for hydroxylation is 3. The molecule has 2 aromatic rings. The molecule has 0 aromatic carbocycles. The first-order valence-corrected chi connectivity index (χ1v) is 7.66. The van der Waals surface area contributed by atoms with E-state index in [1.165, 1.54) is 10.7 Å². The maximum Gasteiger partial charge on any atom is 0.390 e. The average molecular weight is 334 g/mol. The molecule has 0 radical (unpaired) electrons. The summed E-state index contributed by atoms with van der Waals surface area (Å²) in [6.45, 7) is 8.06. The summed E-state index contributed by atoms with van der Waals surface area (Å²) in [5.74, 6) is -0.697. The van der Waals surface area contributed by atoms with Crippen LogP contribution in [-0.4, -0.2) is 30.4 Å². The van der Waals surface area contributed by atoms with E-state index in [0.717, 1.165) is 17.0 Å². The number of hydrogen-bond acceptors (Lipinski definition) is 5. The predicted octanol–water partition coefficient (Wildman–Crippen LogP) is 1.40. The van der Waals surface area contributed by atoms with E-state index in [4.69, 9.17) is 0 Å². The highest BCUT2D eigenvalue weighted by Gasteiger charge is 2.21. The molecule has 0 saturated heterocycles. The molecule has 0 spiro atoms. The van der Waals surface area contributed by atoms with E-state index in [1.807, 2.05) is 20.9 Å². The van der Waals surface area contributed by atoms with Crippen molar-refractivity contribution in [3.8, 4) is 0 Å². The average Bonchev–Trinajstić information content (AvgIpc) is 2.98. The zero-order chi connectivity index (χ0) is 18.0. The molecule has 24 heavy (non-hydrogen) atoms. The Labute approximate surface area is 139 Å². The molecule has 9 nitrogen and oxygen atoms in total. The van der Waals surface area contributed by atoms with Gasteiger partial charge in [-0.2, -0.15) is 9.78 Å². The summed E-state index contributed by atoms with van der Waals surface area (Å²) in [4.78, 5) is 22.5. The molecule has 0 aliphatic rings. The summed E-state index contributed by atoms with van der Waals surface area (Å²) in [6.07, 6.45) is 0. The number of carbonyl (C=O) groups excluding carboxylic acids is 1. The van der Waals surface area contributed by atoms with Crippen molar-refractivity contribution in [1.29, 1.82) is 0 Å². The van der Waals surface area contributed by atoms with E-state index in [9.17, 15) is 14.9 Å². The highest BCUT2D eigenvalue weighted by Crippen LogP contribution is 2.14. The molecule has 2 rings (SSSR count). The maximum absolute atomic E-state index is 12.3. The fourth-order valence-electron chi connectivity index (χ4n) is 2.53. The zero-order valence-electron chi connectivity index (χ0n) is 14.5. The summed E-state index contributed by atoms with van der Waals surface area (Å²) in [7, 11) is 1.86. The lowest BCUT2D eigenvalue weighted by molar-refractivity contribution is -0.389. The van der Waals surface area contributed by atoms with Gasteiger partial charge in [0.05, 0.1) is 35.0 Å². The lowest BCUT2D eigenvalue weighted by Crippen LogP contribution is -2.31. The first-order chi connectivity index (χ1) is 11.2. The lowest BCUT2D eigenvalue weighted by atomic mass is 10.1. The van der Waals surface area contributed by atoms with Gasteiger partial charge in [-0.1, -0.05) is 6.92 Å². The Bertz CT molecular complexity index is 777. The second-order valence-corrected chi connectivity index (χ2v) is 5.97. The van der Waals surface area contributed by atoms with Crippen molar-refractivity contribution < 1.29 is 9.72 Å². The van der Waals surface area contributed by atoms with Crippen LogP contribution >= 0.6 is 0 Å². The van der Waals surface area contributed by atoms with Gasteiger partial charge in [-0.05, 0) is 25.7 Å². The number of carbonyl (C=O) groups is 1. The van der Waals surface area contributed by atoms with Gasteiger partial charge in [0.2, 0.25) is 5.91 Å². The van der Waals surface area contributed by atoms with Crippen LogP contribution in [-0.2, 0) is 24.9 Å². The number of hydrogen-bond donors (Lipinski definition) is 1. The van der Waals surface area contributed by atoms with E-state index < -0.39 is 4.92 Å². The van der Waals surface area contributed by atoms with Crippen LogP contribution < -0.4 is 5.32 Å². The van der Waals surface area contributed by atoms with Crippen LogP contribution in [0, 0.1) is 36.8 Å². The summed E-state index contributed by atoms with van der Waals surface area (Å²) < 4.78 is 3.27.